The molecule has 0 fully saturated rings. The Balaban J connectivity index is 2.72. The highest BCUT2D eigenvalue weighted by Gasteiger charge is 2.33. The summed E-state index contributed by atoms with van der Waals surface area (Å²) in [5.41, 5.74) is 2.48. The molecule has 0 aromatic heterocycles. The second-order valence-corrected chi connectivity index (χ2v) is 4.27. The van der Waals surface area contributed by atoms with Crippen LogP contribution in [0.25, 0.3) is 0 Å². The molecule has 0 aliphatic heterocycles. The zero-order chi connectivity index (χ0) is 13.3. The summed E-state index contributed by atoms with van der Waals surface area (Å²) in [5.74, 6) is 1.85. The van der Waals surface area contributed by atoms with Crippen molar-refractivity contribution in [2.75, 3.05) is 21.3 Å². The van der Waals surface area contributed by atoms with E-state index in [0.29, 0.717) is 23.0 Å². The Bertz CT molecular complexity index is 496. The highest BCUT2D eigenvalue weighted by molar-refractivity contribution is 6.08. The number of benzene rings is 1. The van der Waals surface area contributed by atoms with Crippen LogP contribution in [0.5, 0.6) is 17.2 Å². The van der Waals surface area contributed by atoms with Crippen molar-refractivity contribution in [2.45, 2.75) is 13.3 Å². The fourth-order valence-electron chi connectivity index (χ4n) is 2.47. The van der Waals surface area contributed by atoms with Crippen LogP contribution in [0, 0.1) is 5.92 Å². The summed E-state index contributed by atoms with van der Waals surface area (Å²) in [6, 6.07) is 1.91. The summed E-state index contributed by atoms with van der Waals surface area (Å²) < 4.78 is 16.0. The molecule has 0 heterocycles. The first-order valence-electron chi connectivity index (χ1n) is 5.72. The van der Waals surface area contributed by atoms with Crippen molar-refractivity contribution in [2.24, 2.45) is 11.1 Å². The molecule has 0 bridgehead atoms. The number of oxime groups is 1. The Labute approximate surface area is 106 Å². The highest BCUT2D eigenvalue weighted by atomic mass is 16.5. The molecule has 5 nitrogen and oxygen atoms in total. The van der Waals surface area contributed by atoms with E-state index in [4.69, 9.17) is 19.4 Å². The predicted molar refractivity (Wildman–Crippen MR) is 67.3 cm³/mol. The first-order chi connectivity index (χ1) is 8.67. The van der Waals surface area contributed by atoms with E-state index in [2.05, 4.69) is 5.16 Å². The van der Waals surface area contributed by atoms with Gasteiger partial charge in [-0.3, -0.25) is 0 Å². The molecule has 18 heavy (non-hydrogen) atoms. The molecular weight excluding hydrogens is 234 g/mol. The van der Waals surface area contributed by atoms with E-state index in [9.17, 15) is 0 Å². The molecule has 0 radical (unpaired) electrons. The van der Waals surface area contributed by atoms with Gasteiger partial charge >= 0.3 is 0 Å². The van der Waals surface area contributed by atoms with Crippen LogP contribution < -0.4 is 14.2 Å². The van der Waals surface area contributed by atoms with Gasteiger partial charge in [0.1, 0.15) is 0 Å². The molecule has 1 N–H and O–H groups in total. The molecule has 1 aromatic rings. The third-order valence-corrected chi connectivity index (χ3v) is 3.27. The van der Waals surface area contributed by atoms with Crippen LogP contribution >= 0.6 is 0 Å². The Morgan fingerprint density at radius 1 is 1.17 bits per heavy atom. The Kier molecular flexibility index (Phi) is 3.32. The number of methoxy groups -OCH3 is 3. The number of hydrogen-bond donors (Lipinski definition) is 1. The number of ether oxygens (including phenoxy) is 3. The molecular formula is C13H17NO4. The molecule has 0 amide bonds. The standard InChI is InChI=1S/C13H17NO4/c1-7-5-8-6-9(16-2)12(17-3)13(18-4)10(8)11(7)14-15/h6-7,15H,5H2,1-4H3/b14-11+. The SMILES string of the molecule is COc1cc2c(c(OC)c1OC)/C(=N/O)C(C)C2. The first kappa shape index (κ1) is 12.5. The van der Waals surface area contributed by atoms with Crippen LogP contribution in [0.1, 0.15) is 18.1 Å². The lowest BCUT2D eigenvalue weighted by Gasteiger charge is -2.15. The minimum Gasteiger partial charge on any atom is -0.493 e. The number of hydrogen-bond acceptors (Lipinski definition) is 5. The Hall–Kier alpha value is -1.91. The van der Waals surface area contributed by atoms with Crippen molar-refractivity contribution in [3.05, 3.63) is 17.2 Å². The molecule has 1 aromatic carbocycles. The van der Waals surface area contributed by atoms with Crippen LogP contribution in [0.4, 0.5) is 0 Å². The van der Waals surface area contributed by atoms with Gasteiger partial charge in [-0.15, -0.1) is 0 Å². The number of rotatable bonds is 3. The van der Waals surface area contributed by atoms with E-state index in [0.717, 1.165) is 17.5 Å². The van der Waals surface area contributed by atoms with E-state index >= 15 is 0 Å². The van der Waals surface area contributed by atoms with Crippen molar-refractivity contribution in [1.82, 2.24) is 0 Å². The van der Waals surface area contributed by atoms with Crippen molar-refractivity contribution in [1.29, 1.82) is 0 Å². The van der Waals surface area contributed by atoms with Crippen molar-refractivity contribution in [3.63, 3.8) is 0 Å². The predicted octanol–water partition coefficient (Wildman–Crippen LogP) is 2.08. The maximum Gasteiger partial charge on any atom is 0.203 e. The zero-order valence-corrected chi connectivity index (χ0v) is 11.0. The maximum absolute atomic E-state index is 9.15. The van der Waals surface area contributed by atoms with Gasteiger partial charge in [0.15, 0.2) is 11.5 Å². The third-order valence-electron chi connectivity index (χ3n) is 3.27. The van der Waals surface area contributed by atoms with E-state index < -0.39 is 0 Å². The molecule has 0 saturated heterocycles. The smallest absolute Gasteiger partial charge is 0.203 e. The molecule has 5 heteroatoms. The van der Waals surface area contributed by atoms with Gasteiger partial charge in [-0.2, -0.15) is 0 Å². The summed E-state index contributed by atoms with van der Waals surface area (Å²) in [6.45, 7) is 2.01. The van der Waals surface area contributed by atoms with Gasteiger partial charge in [-0.25, -0.2) is 0 Å². The van der Waals surface area contributed by atoms with Crippen LogP contribution in [0.15, 0.2) is 11.2 Å². The van der Waals surface area contributed by atoms with Crippen molar-refractivity contribution in [3.8, 4) is 17.2 Å². The minimum atomic E-state index is 0.149. The van der Waals surface area contributed by atoms with Crippen LogP contribution in [0.3, 0.4) is 0 Å². The lowest BCUT2D eigenvalue weighted by Crippen LogP contribution is -2.07. The maximum atomic E-state index is 9.15. The fraction of sp³-hybridized carbons (Fsp3) is 0.462. The zero-order valence-electron chi connectivity index (χ0n) is 11.0. The largest absolute Gasteiger partial charge is 0.493 e. The first-order valence-corrected chi connectivity index (χ1v) is 5.72. The highest BCUT2D eigenvalue weighted by Crippen LogP contribution is 2.46. The second-order valence-electron chi connectivity index (χ2n) is 4.27. The van der Waals surface area contributed by atoms with E-state index in [1.807, 2.05) is 13.0 Å². The third kappa shape index (κ3) is 1.66. The van der Waals surface area contributed by atoms with Crippen molar-refractivity contribution < 1.29 is 19.4 Å². The Morgan fingerprint density at radius 3 is 2.33 bits per heavy atom. The van der Waals surface area contributed by atoms with Crippen LogP contribution in [-0.2, 0) is 6.42 Å². The van der Waals surface area contributed by atoms with Gasteiger partial charge in [0.2, 0.25) is 5.75 Å². The molecule has 0 spiro atoms. The second kappa shape index (κ2) is 4.76. The lowest BCUT2D eigenvalue weighted by molar-refractivity contribution is 0.314. The fourth-order valence-corrected chi connectivity index (χ4v) is 2.47. The van der Waals surface area contributed by atoms with E-state index in [1.54, 1.807) is 21.3 Å². The molecule has 0 saturated carbocycles. The van der Waals surface area contributed by atoms with Gasteiger partial charge in [0, 0.05) is 11.5 Å². The van der Waals surface area contributed by atoms with Gasteiger partial charge in [0.05, 0.1) is 27.0 Å². The molecule has 1 aliphatic rings. The lowest BCUT2D eigenvalue weighted by atomic mass is 10.1. The number of nitrogens with zero attached hydrogens (tertiary/aromatic N) is 1. The average molecular weight is 251 g/mol. The minimum absolute atomic E-state index is 0.149. The van der Waals surface area contributed by atoms with E-state index in [-0.39, 0.29) is 5.92 Å². The van der Waals surface area contributed by atoms with E-state index in [1.165, 1.54) is 0 Å². The summed E-state index contributed by atoms with van der Waals surface area (Å²) in [4.78, 5) is 0. The average Bonchev–Trinajstić information content (AvgIpc) is 2.71. The molecule has 1 atom stereocenters. The summed E-state index contributed by atoms with van der Waals surface area (Å²) in [6.07, 6.45) is 0.797. The summed E-state index contributed by atoms with van der Waals surface area (Å²) in [5, 5.41) is 12.5. The van der Waals surface area contributed by atoms with Gasteiger partial charge in [-0.05, 0) is 18.1 Å². The normalized spacial score (nSPS) is 19.8. The van der Waals surface area contributed by atoms with Gasteiger partial charge in [0.25, 0.3) is 0 Å². The molecule has 1 aliphatic carbocycles. The topological polar surface area (TPSA) is 60.3 Å². The van der Waals surface area contributed by atoms with Crippen molar-refractivity contribution >= 4 is 5.71 Å². The van der Waals surface area contributed by atoms with Gasteiger partial charge in [-0.1, -0.05) is 12.1 Å². The number of fused-ring (bicyclic) bond motifs is 1. The molecule has 2 rings (SSSR count). The quantitative estimate of drug-likeness (QED) is 0.660. The monoisotopic (exact) mass is 251 g/mol. The molecule has 98 valence electrons. The van der Waals surface area contributed by atoms with Crippen LogP contribution in [0.2, 0.25) is 0 Å². The Morgan fingerprint density at radius 2 is 1.83 bits per heavy atom. The molecule has 1 unspecified atom stereocenters. The summed E-state index contributed by atoms with van der Waals surface area (Å²) >= 11 is 0. The van der Waals surface area contributed by atoms with Gasteiger partial charge < -0.3 is 19.4 Å². The summed E-state index contributed by atoms with van der Waals surface area (Å²) in [7, 11) is 4.71. The van der Waals surface area contributed by atoms with Crippen LogP contribution in [-0.4, -0.2) is 32.2 Å².